The summed E-state index contributed by atoms with van der Waals surface area (Å²) in [5, 5.41) is 0. The highest BCUT2D eigenvalue weighted by atomic mass is 16.6. The van der Waals surface area contributed by atoms with Crippen molar-refractivity contribution in [1.82, 2.24) is 4.90 Å². The summed E-state index contributed by atoms with van der Waals surface area (Å²) in [5.41, 5.74) is 1.10. The van der Waals surface area contributed by atoms with Gasteiger partial charge in [-0.2, -0.15) is 0 Å². The van der Waals surface area contributed by atoms with E-state index in [-0.39, 0.29) is 12.2 Å². The molecular formula is C15H19NO2. The second-order valence-corrected chi connectivity index (χ2v) is 5.23. The number of benzene rings is 1. The zero-order valence-corrected chi connectivity index (χ0v) is 10.5. The molecule has 1 aliphatic heterocycles. The van der Waals surface area contributed by atoms with Crippen LogP contribution >= 0.6 is 0 Å². The van der Waals surface area contributed by atoms with Gasteiger partial charge in [0.2, 0.25) is 0 Å². The van der Waals surface area contributed by atoms with E-state index < -0.39 is 0 Å². The fraction of sp³-hybridized carbons (Fsp3) is 0.533. The number of carbonyl (C=O) groups is 1. The number of hydrogen-bond acceptors (Lipinski definition) is 2. The molecular weight excluding hydrogens is 226 g/mol. The third kappa shape index (κ3) is 2.22. The van der Waals surface area contributed by atoms with Crippen LogP contribution < -0.4 is 0 Å². The summed E-state index contributed by atoms with van der Waals surface area (Å²) in [7, 11) is 0. The van der Waals surface area contributed by atoms with E-state index in [1.807, 2.05) is 35.2 Å². The van der Waals surface area contributed by atoms with Gasteiger partial charge in [0.15, 0.2) is 0 Å². The van der Waals surface area contributed by atoms with Crippen LogP contribution in [-0.2, 0) is 4.74 Å². The molecule has 3 heteroatoms. The van der Waals surface area contributed by atoms with Gasteiger partial charge < -0.3 is 9.64 Å². The lowest BCUT2D eigenvalue weighted by Gasteiger charge is -2.28. The molecule has 1 aliphatic carbocycles. The highest BCUT2D eigenvalue weighted by Crippen LogP contribution is 2.31. The van der Waals surface area contributed by atoms with Gasteiger partial charge in [-0.05, 0) is 18.4 Å². The van der Waals surface area contributed by atoms with Crippen molar-refractivity contribution in [1.29, 1.82) is 0 Å². The Bertz CT molecular complexity index is 412. The second kappa shape index (κ2) is 5.01. The smallest absolute Gasteiger partial charge is 0.410 e. The van der Waals surface area contributed by atoms with Gasteiger partial charge in [0.1, 0.15) is 6.10 Å². The summed E-state index contributed by atoms with van der Waals surface area (Å²) in [6.07, 6.45) is 5.85. The maximum atomic E-state index is 12.0. The van der Waals surface area contributed by atoms with Crippen LogP contribution in [0.5, 0.6) is 0 Å². The van der Waals surface area contributed by atoms with Crippen molar-refractivity contribution < 1.29 is 9.53 Å². The van der Waals surface area contributed by atoms with Crippen LogP contribution in [0, 0.1) is 0 Å². The van der Waals surface area contributed by atoms with Crippen LogP contribution in [0.2, 0.25) is 0 Å². The minimum Gasteiger partial charge on any atom is -0.439 e. The predicted octanol–water partition coefficient (Wildman–Crippen LogP) is 3.51. The Hall–Kier alpha value is -1.51. The average Bonchev–Trinajstić information content (AvgIpc) is 2.83. The van der Waals surface area contributed by atoms with E-state index in [9.17, 15) is 4.79 Å². The summed E-state index contributed by atoms with van der Waals surface area (Å²) in [6, 6.07) is 10.4. The number of rotatable bonds is 2. The van der Waals surface area contributed by atoms with Gasteiger partial charge in [-0.15, -0.1) is 0 Å². The molecule has 1 heterocycles. The fourth-order valence-corrected chi connectivity index (χ4v) is 3.01. The molecule has 1 amide bonds. The van der Waals surface area contributed by atoms with Crippen molar-refractivity contribution in [2.45, 2.75) is 44.2 Å². The molecule has 0 unspecified atom stereocenters. The number of cyclic esters (lactones) is 1. The van der Waals surface area contributed by atoms with Gasteiger partial charge in [0.05, 0.1) is 6.54 Å². The molecule has 0 radical (unpaired) electrons. The molecule has 1 aromatic carbocycles. The maximum Gasteiger partial charge on any atom is 0.410 e. The summed E-state index contributed by atoms with van der Waals surface area (Å²) in [6.45, 7) is 0.716. The summed E-state index contributed by atoms with van der Waals surface area (Å²) in [5.74, 6) is 0. The summed E-state index contributed by atoms with van der Waals surface area (Å²) < 4.78 is 5.50. The van der Waals surface area contributed by atoms with Crippen LogP contribution in [0.3, 0.4) is 0 Å². The van der Waals surface area contributed by atoms with Crippen molar-refractivity contribution in [3.8, 4) is 0 Å². The number of nitrogens with zero attached hydrogens (tertiary/aromatic N) is 1. The zero-order chi connectivity index (χ0) is 12.4. The maximum absolute atomic E-state index is 12.0. The number of amides is 1. The van der Waals surface area contributed by atoms with Crippen LogP contribution in [0.1, 0.15) is 43.8 Å². The van der Waals surface area contributed by atoms with Crippen LogP contribution in [-0.4, -0.2) is 23.6 Å². The van der Waals surface area contributed by atoms with Crippen molar-refractivity contribution in [3.05, 3.63) is 35.9 Å². The fourth-order valence-electron chi connectivity index (χ4n) is 3.01. The van der Waals surface area contributed by atoms with Crippen molar-refractivity contribution in [2.75, 3.05) is 6.54 Å². The highest BCUT2D eigenvalue weighted by Gasteiger charge is 2.36. The zero-order valence-electron chi connectivity index (χ0n) is 10.5. The van der Waals surface area contributed by atoms with Gasteiger partial charge in [0, 0.05) is 6.04 Å². The molecule has 1 saturated heterocycles. The lowest BCUT2D eigenvalue weighted by Crippen LogP contribution is -2.37. The average molecular weight is 245 g/mol. The monoisotopic (exact) mass is 245 g/mol. The first-order valence-electron chi connectivity index (χ1n) is 6.87. The number of carbonyl (C=O) groups excluding carboxylic acids is 1. The molecule has 1 aromatic rings. The first kappa shape index (κ1) is 11.6. The molecule has 2 fully saturated rings. The SMILES string of the molecule is O=C1O[C@@H](c2ccccc2)CN1C1CCCCC1. The van der Waals surface area contributed by atoms with E-state index in [2.05, 4.69) is 0 Å². The van der Waals surface area contributed by atoms with E-state index in [4.69, 9.17) is 4.74 Å². The molecule has 96 valence electrons. The number of ether oxygens (including phenoxy) is 1. The Labute approximate surface area is 108 Å². The summed E-state index contributed by atoms with van der Waals surface area (Å²) in [4.78, 5) is 13.9. The topological polar surface area (TPSA) is 29.5 Å². The highest BCUT2D eigenvalue weighted by molar-refractivity contribution is 5.70. The molecule has 1 saturated carbocycles. The van der Waals surface area contributed by atoms with E-state index in [1.165, 1.54) is 19.3 Å². The molecule has 0 bridgehead atoms. The van der Waals surface area contributed by atoms with Gasteiger partial charge >= 0.3 is 6.09 Å². The van der Waals surface area contributed by atoms with Gasteiger partial charge in [-0.25, -0.2) is 4.79 Å². The molecule has 1 atom stereocenters. The van der Waals surface area contributed by atoms with E-state index >= 15 is 0 Å². The Balaban J connectivity index is 1.70. The third-order valence-corrected chi connectivity index (χ3v) is 4.03. The van der Waals surface area contributed by atoms with Gasteiger partial charge in [-0.3, -0.25) is 0 Å². The van der Waals surface area contributed by atoms with Crippen molar-refractivity contribution >= 4 is 6.09 Å². The molecule has 18 heavy (non-hydrogen) atoms. The largest absolute Gasteiger partial charge is 0.439 e. The standard InChI is InChI=1S/C15H19NO2/c17-15-16(13-9-5-2-6-10-13)11-14(18-15)12-7-3-1-4-8-12/h1,3-4,7-8,13-14H,2,5-6,9-11H2/t14-/m1/s1. The lowest BCUT2D eigenvalue weighted by atomic mass is 9.94. The Morgan fingerprint density at radius 2 is 1.78 bits per heavy atom. The molecule has 0 spiro atoms. The van der Waals surface area contributed by atoms with E-state index in [1.54, 1.807) is 0 Å². The lowest BCUT2D eigenvalue weighted by molar-refractivity contribution is 0.124. The van der Waals surface area contributed by atoms with Gasteiger partial charge in [0.25, 0.3) is 0 Å². The first-order valence-corrected chi connectivity index (χ1v) is 6.87. The molecule has 0 aromatic heterocycles. The quantitative estimate of drug-likeness (QED) is 0.798. The minimum absolute atomic E-state index is 0.0828. The Morgan fingerprint density at radius 3 is 2.50 bits per heavy atom. The molecule has 0 N–H and O–H groups in total. The normalized spacial score (nSPS) is 25.2. The van der Waals surface area contributed by atoms with E-state index in [0.29, 0.717) is 12.6 Å². The van der Waals surface area contributed by atoms with Crippen molar-refractivity contribution in [3.63, 3.8) is 0 Å². The molecule has 3 nitrogen and oxygen atoms in total. The van der Waals surface area contributed by atoms with Crippen LogP contribution in [0.4, 0.5) is 4.79 Å². The Kier molecular flexibility index (Phi) is 3.22. The molecule has 3 rings (SSSR count). The molecule has 2 aliphatic rings. The summed E-state index contributed by atoms with van der Waals surface area (Å²) >= 11 is 0. The first-order chi connectivity index (χ1) is 8.84. The second-order valence-electron chi connectivity index (χ2n) is 5.23. The predicted molar refractivity (Wildman–Crippen MR) is 69.2 cm³/mol. The minimum atomic E-state index is -0.129. The van der Waals surface area contributed by atoms with Crippen LogP contribution in [0.25, 0.3) is 0 Å². The third-order valence-electron chi connectivity index (χ3n) is 4.03. The van der Waals surface area contributed by atoms with Crippen molar-refractivity contribution in [2.24, 2.45) is 0 Å². The van der Waals surface area contributed by atoms with Crippen LogP contribution in [0.15, 0.2) is 30.3 Å². The Morgan fingerprint density at radius 1 is 1.06 bits per heavy atom. The number of hydrogen-bond donors (Lipinski definition) is 0. The van der Waals surface area contributed by atoms with Gasteiger partial charge in [-0.1, -0.05) is 49.6 Å². The van der Waals surface area contributed by atoms with E-state index in [0.717, 1.165) is 18.4 Å².